The van der Waals surface area contributed by atoms with E-state index >= 15 is 0 Å². The zero-order valence-electron chi connectivity index (χ0n) is 18.5. The number of hydrogen-bond donors (Lipinski definition) is 0. The molecule has 7 nitrogen and oxygen atoms in total. The summed E-state index contributed by atoms with van der Waals surface area (Å²) in [6.07, 6.45) is 1.06. The molecule has 2 amide bonds. The van der Waals surface area contributed by atoms with Crippen LogP contribution in [-0.2, 0) is 26.2 Å². The summed E-state index contributed by atoms with van der Waals surface area (Å²) < 4.78 is 27.8. The van der Waals surface area contributed by atoms with Gasteiger partial charge in [0.25, 0.3) is 0 Å². The van der Waals surface area contributed by atoms with Gasteiger partial charge in [-0.05, 0) is 49.4 Å². The summed E-state index contributed by atoms with van der Waals surface area (Å²) >= 11 is 0. The molecule has 4 rings (SSSR count). The number of piperazine rings is 1. The van der Waals surface area contributed by atoms with Gasteiger partial charge in [0.1, 0.15) is 0 Å². The number of carbonyl (C=O) groups is 2. The maximum absolute atomic E-state index is 13.2. The fourth-order valence-electron chi connectivity index (χ4n) is 4.51. The van der Waals surface area contributed by atoms with Gasteiger partial charge in [0.05, 0.1) is 4.90 Å². The average molecular weight is 456 g/mol. The quantitative estimate of drug-likeness (QED) is 0.649. The van der Waals surface area contributed by atoms with Crippen LogP contribution in [0.15, 0.2) is 53.4 Å². The Kier molecular flexibility index (Phi) is 6.35. The minimum atomic E-state index is -3.58. The summed E-state index contributed by atoms with van der Waals surface area (Å²) in [5.74, 6) is -0.964. The number of sulfonamides is 1. The van der Waals surface area contributed by atoms with Gasteiger partial charge in [-0.25, -0.2) is 8.42 Å². The molecule has 2 aromatic carbocycles. The SMILES string of the molecule is Cc1ccc(C)c(S(=O)(=O)N2CCC(N3CCN(Cc4ccccc4)C(=O)C3=O)CC2)c1. The second kappa shape index (κ2) is 9.03. The highest BCUT2D eigenvalue weighted by Gasteiger charge is 2.39. The van der Waals surface area contributed by atoms with Gasteiger partial charge in [-0.2, -0.15) is 4.31 Å². The molecule has 0 radical (unpaired) electrons. The van der Waals surface area contributed by atoms with Gasteiger partial charge < -0.3 is 9.80 Å². The van der Waals surface area contributed by atoms with Crippen LogP contribution < -0.4 is 0 Å². The lowest BCUT2D eigenvalue weighted by Gasteiger charge is -2.41. The fraction of sp³-hybridized carbons (Fsp3) is 0.417. The van der Waals surface area contributed by atoms with Crippen LogP contribution in [0.5, 0.6) is 0 Å². The topological polar surface area (TPSA) is 78.0 Å². The molecule has 0 aliphatic carbocycles. The van der Waals surface area contributed by atoms with Gasteiger partial charge in [0.15, 0.2) is 0 Å². The molecule has 2 saturated heterocycles. The lowest BCUT2D eigenvalue weighted by atomic mass is 10.0. The van der Waals surface area contributed by atoms with E-state index in [1.807, 2.05) is 49.4 Å². The molecular weight excluding hydrogens is 426 g/mol. The monoisotopic (exact) mass is 455 g/mol. The number of aryl methyl sites for hydroxylation is 2. The molecule has 2 aromatic rings. The molecule has 0 bridgehead atoms. The van der Waals surface area contributed by atoms with E-state index in [0.717, 1.165) is 16.7 Å². The van der Waals surface area contributed by atoms with Gasteiger partial charge >= 0.3 is 11.8 Å². The Morgan fingerprint density at radius 2 is 1.56 bits per heavy atom. The summed E-state index contributed by atoms with van der Waals surface area (Å²) in [6.45, 7) is 5.75. The van der Waals surface area contributed by atoms with Crippen molar-refractivity contribution in [3.8, 4) is 0 Å². The van der Waals surface area contributed by atoms with Crippen LogP contribution in [0.25, 0.3) is 0 Å². The van der Waals surface area contributed by atoms with Gasteiger partial charge in [0, 0.05) is 38.8 Å². The van der Waals surface area contributed by atoms with E-state index in [4.69, 9.17) is 0 Å². The van der Waals surface area contributed by atoms with E-state index < -0.39 is 21.8 Å². The van der Waals surface area contributed by atoms with Crippen LogP contribution in [0.3, 0.4) is 0 Å². The van der Waals surface area contributed by atoms with Crippen LogP contribution in [0.4, 0.5) is 0 Å². The first-order valence-corrected chi connectivity index (χ1v) is 12.4. The van der Waals surface area contributed by atoms with E-state index in [9.17, 15) is 18.0 Å². The Bertz CT molecular complexity index is 1110. The molecule has 2 aliphatic heterocycles. The maximum Gasteiger partial charge on any atom is 0.312 e. The first-order chi connectivity index (χ1) is 15.3. The molecule has 32 heavy (non-hydrogen) atoms. The Balaban J connectivity index is 1.39. The van der Waals surface area contributed by atoms with Crippen molar-refractivity contribution < 1.29 is 18.0 Å². The highest BCUT2D eigenvalue weighted by molar-refractivity contribution is 7.89. The molecule has 2 fully saturated rings. The van der Waals surface area contributed by atoms with Crippen LogP contribution in [0.1, 0.15) is 29.5 Å². The summed E-state index contributed by atoms with van der Waals surface area (Å²) in [4.78, 5) is 29.1. The van der Waals surface area contributed by atoms with Crippen molar-refractivity contribution in [2.75, 3.05) is 26.2 Å². The van der Waals surface area contributed by atoms with Gasteiger partial charge in [-0.3, -0.25) is 9.59 Å². The highest BCUT2D eigenvalue weighted by atomic mass is 32.2. The number of carbonyl (C=O) groups excluding carboxylic acids is 2. The van der Waals surface area contributed by atoms with Crippen LogP contribution in [0.2, 0.25) is 0 Å². The second-order valence-electron chi connectivity index (χ2n) is 8.62. The minimum absolute atomic E-state index is 0.115. The zero-order valence-corrected chi connectivity index (χ0v) is 19.3. The van der Waals surface area contributed by atoms with E-state index in [1.54, 1.807) is 22.8 Å². The first kappa shape index (κ1) is 22.5. The predicted octanol–water partition coefficient (Wildman–Crippen LogP) is 2.33. The molecule has 0 spiro atoms. The van der Waals surface area contributed by atoms with Crippen molar-refractivity contribution in [3.05, 3.63) is 65.2 Å². The number of nitrogens with zero attached hydrogens (tertiary/aromatic N) is 3. The van der Waals surface area contributed by atoms with Crippen LogP contribution in [-0.4, -0.2) is 66.6 Å². The summed E-state index contributed by atoms with van der Waals surface area (Å²) in [7, 11) is -3.58. The third kappa shape index (κ3) is 4.42. The highest BCUT2D eigenvalue weighted by Crippen LogP contribution is 2.27. The van der Waals surface area contributed by atoms with Crippen molar-refractivity contribution in [1.29, 1.82) is 0 Å². The molecule has 2 heterocycles. The standard InChI is InChI=1S/C24H29N3O4S/c1-18-8-9-19(2)22(16-18)32(30,31)26-12-10-21(11-13-26)27-15-14-25(23(28)24(27)29)17-20-6-4-3-5-7-20/h3-9,16,21H,10-15,17H2,1-2H3. The third-order valence-electron chi connectivity index (χ3n) is 6.38. The van der Waals surface area contributed by atoms with Gasteiger partial charge in [-0.1, -0.05) is 42.5 Å². The number of amides is 2. The van der Waals surface area contributed by atoms with Crippen LogP contribution >= 0.6 is 0 Å². The van der Waals surface area contributed by atoms with Crippen molar-refractivity contribution in [2.45, 2.75) is 44.2 Å². The fourth-order valence-corrected chi connectivity index (χ4v) is 6.29. The molecular formula is C24H29N3O4S. The lowest BCUT2D eigenvalue weighted by molar-refractivity contribution is -0.158. The van der Waals surface area contributed by atoms with E-state index in [0.29, 0.717) is 50.5 Å². The van der Waals surface area contributed by atoms with E-state index in [1.165, 1.54) is 4.31 Å². The molecule has 0 saturated carbocycles. The van der Waals surface area contributed by atoms with Crippen molar-refractivity contribution >= 4 is 21.8 Å². The average Bonchev–Trinajstić information content (AvgIpc) is 2.79. The predicted molar refractivity (Wildman–Crippen MR) is 121 cm³/mol. The first-order valence-electron chi connectivity index (χ1n) is 11.0. The number of benzene rings is 2. The van der Waals surface area contributed by atoms with Crippen molar-refractivity contribution in [1.82, 2.24) is 14.1 Å². The zero-order chi connectivity index (χ0) is 22.9. The summed E-state index contributed by atoms with van der Waals surface area (Å²) in [6, 6.07) is 15.0. The molecule has 0 atom stereocenters. The number of piperidine rings is 1. The smallest absolute Gasteiger partial charge is 0.312 e. The van der Waals surface area contributed by atoms with Crippen LogP contribution in [0, 0.1) is 13.8 Å². The molecule has 0 aromatic heterocycles. The van der Waals surface area contributed by atoms with Gasteiger partial charge in [-0.15, -0.1) is 0 Å². The molecule has 0 N–H and O–H groups in total. The molecule has 0 unspecified atom stereocenters. The second-order valence-corrected chi connectivity index (χ2v) is 10.5. The van der Waals surface area contributed by atoms with Crippen molar-refractivity contribution in [3.63, 3.8) is 0 Å². The molecule has 170 valence electrons. The maximum atomic E-state index is 13.2. The Morgan fingerprint density at radius 3 is 2.25 bits per heavy atom. The Labute approximate surface area is 189 Å². The Hall–Kier alpha value is -2.71. The van der Waals surface area contributed by atoms with E-state index in [-0.39, 0.29) is 6.04 Å². The third-order valence-corrected chi connectivity index (χ3v) is 8.42. The molecule has 8 heteroatoms. The minimum Gasteiger partial charge on any atom is -0.330 e. The van der Waals surface area contributed by atoms with Crippen molar-refractivity contribution in [2.24, 2.45) is 0 Å². The Morgan fingerprint density at radius 1 is 0.875 bits per heavy atom. The summed E-state index contributed by atoms with van der Waals surface area (Å²) in [5.41, 5.74) is 2.63. The van der Waals surface area contributed by atoms with Gasteiger partial charge in [0.2, 0.25) is 10.0 Å². The normalized spacial score (nSPS) is 18.9. The molecule has 2 aliphatic rings. The largest absolute Gasteiger partial charge is 0.330 e. The number of hydrogen-bond acceptors (Lipinski definition) is 4. The number of rotatable bonds is 5. The lowest BCUT2D eigenvalue weighted by Crippen LogP contribution is -2.58. The summed E-state index contributed by atoms with van der Waals surface area (Å²) in [5, 5.41) is 0. The van der Waals surface area contributed by atoms with E-state index in [2.05, 4.69) is 0 Å².